The van der Waals surface area contributed by atoms with E-state index in [1.165, 1.54) is 46.3 Å². The van der Waals surface area contributed by atoms with Gasteiger partial charge in [0.25, 0.3) is 11.5 Å². The number of benzene rings is 1. The summed E-state index contributed by atoms with van der Waals surface area (Å²) in [5, 5.41) is 22.7. The molecular formula is C43H61N9O13P2SSi2. The number of hydrogen-bond donors (Lipinski definition) is 3. The van der Waals surface area contributed by atoms with Crippen LogP contribution in [-0.4, -0.2) is 122 Å². The van der Waals surface area contributed by atoms with Crippen LogP contribution in [0.15, 0.2) is 72.4 Å². The lowest BCUT2D eigenvalue weighted by Gasteiger charge is -2.41. The van der Waals surface area contributed by atoms with Crippen LogP contribution < -0.4 is 10.9 Å². The Morgan fingerprint density at radius 3 is 2.20 bits per heavy atom. The van der Waals surface area contributed by atoms with Crippen molar-refractivity contribution in [1.29, 1.82) is 5.26 Å². The Bertz CT molecular complexity index is 2840. The van der Waals surface area contributed by atoms with Crippen molar-refractivity contribution < 1.29 is 55.8 Å². The van der Waals surface area contributed by atoms with E-state index in [2.05, 4.69) is 46.0 Å². The third-order valence-corrected chi connectivity index (χ3v) is 25.0. The molecule has 22 nitrogen and oxygen atoms in total. The lowest BCUT2D eigenvalue weighted by molar-refractivity contribution is -0.0548. The fourth-order valence-corrected chi connectivity index (χ4v) is 12.7. The van der Waals surface area contributed by atoms with Gasteiger partial charge in [0.2, 0.25) is 5.78 Å². The zero-order valence-corrected chi connectivity index (χ0v) is 45.3. The van der Waals surface area contributed by atoms with E-state index >= 15 is 0 Å². The summed E-state index contributed by atoms with van der Waals surface area (Å²) in [7, 11) is -9.12. The van der Waals surface area contributed by atoms with E-state index in [0.29, 0.717) is 5.56 Å². The van der Waals surface area contributed by atoms with Gasteiger partial charge in [-0.2, -0.15) is 5.26 Å². The van der Waals surface area contributed by atoms with Crippen LogP contribution in [0.1, 0.15) is 70.8 Å². The average Bonchev–Trinajstić information content (AvgIpc) is 4.09. The normalized spacial score (nSPS) is 24.7. The lowest BCUT2D eigenvalue weighted by atomic mass is 10.1. The maximum atomic E-state index is 13.2. The van der Waals surface area contributed by atoms with Crippen LogP contribution in [0.2, 0.25) is 36.3 Å². The summed E-state index contributed by atoms with van der Waals surface area (Å²) in [5.41, 5.74) is 0.588. The molecule has 0 spiro atoms. The molecule has 0 aliphatic carbocycles. The number of imidazole rings is 2. The molecule has 2 unspecified atom stereocenters. The van der Waals surface area contributed by atoms with E-state index in [0.717, 1.165) is 0 Å². The van der Waals surface area contributed by atoms with Crippen molar-refractivity contribution in [3.8, 4) is 6.07 Å². The van der Waals surface area contributed by atoms with Crippen LogP contribution in [-0.2, 0) is 52.8 Å². The Labute approximate surface area is 413 Å². The van der Waals surface area contributed by atoms with Gasteiger partial charge in [-0.05, 0) is 60.2 Å². The number of nitrogens with zero attached hydrogens (tertiary/aromatic N) is 8. The van der Waals surface area contributed by atoms with Crippen LogP contribution in [0.4, 0.5) is 5.82 Å². The minimum Gasteiger partial charge on any atom is -0.408 e. The Morgan fingerprint density at radius 2 is 1.56 bits per heavy atom. The molecule has 380 valence electrons. The first kappa shape index (κ1) is 53.9. The summed E-state index contributed by atoms with van der Waals surface area (Å²) in [6.45, 7) is 15.2. The fourth-order valence-electron chi connectivity index (χ4n) is 7.48. The smallest absolute Gasteiger partial charge is 0.327 e. The predicted molar refractivity (Wildman–Crippen MR) is 266 cm³/mol. The minimum absolute atomic E-state index is 0.0848. The summed E-state index contributed by atoms with van der Waals surface area (Å²) >= 11 is 6.18. The van der Waals surface area contributed by atoms with Gasteiger partial charge in [0.15, 0.2) is 46.1 Å². The van der Waals surface area contributed by atoms with Gasteiger partial charge in [-0.1, -0.05) is 59.7 Å². The van der Waals surface area contributed by atoms with Crippen molar-refractivity contribution in [2.45, 2.75) is 133 Å². The molecule has 70 heavy (non-hydrogen) atoms. The molecule has 3 N–H and O–H groups in total. The van der Waals surface area contributed by atoms with E-state index in [-0.39, 0.29) is 58.0 Å². The molecule has 5 aromatic rings. The second kappa shape index (κ2) is 21.3. The quantitative estimate of drug-likeness (QED) is 0.0454. The van der Waals surface area contributed by atoms with E-state index in [9.17, 15) is 29.4 Å². The van der Waals surface area contributed by atoms with Crippen LogP contribution >= 0.6 is 15.0 Å². The number of nitriles is 1. The first-order chi connectivity index (χ1) is 32.9. The molecule has 0 saturated carbocycles. The zero-order valence-electron chi connectivity index (χ0n) is 40.6. The van der Waals surface area contributed by atoms with Gasteiger partial charge in [0.1, 0.15) is 43.0 Å². The second-order valence-corrected chi connectivity index (χ2v) is 33.2. The van der Waals surface area contributed by atoms with Crippen molar-refractivity contribution in [2.24, 2.45) is 0 Å². The molecule has 1 aromatic carbocycles. The fraction of sp³-hybridized carbons (Fsp3) is 0.558. The third kappa shape index (κ3) is 11.5. The highest BCUT2D eigenvalue weighted by Gasteiger charge is 2.56. The number of anilines is 1. The zero-order chi connectivity index (χ0) is 51.0. The average molecular weight is 1060 g/mol. The first-order valence-electron chi connectivity index (χ1n) is 22.6. The highest BCUT2D eigenvalue weighted by Crippen LogP contribution is 2.56. The maximum Gasteiger partial charge on any atom is 0.327 e. The Kier molecular flexibility index (Phi) is 16.4. The van der Waals surface area contributed by atoms with Crippen LogP contribution in [0.25, 0.3) is 16.9 Å². The number of ether oxygens (including phenoxy) is 2. The van der Waals surface area contributed by atoms with Crippen molar-refractivity contribution in [2.75, 3.05) is 25.1 Å². The highest BCUT2D eigenvalue weighted by molar-refractivity contribution is 8.07. The molecule has 2 fully saturated rings. The van der Waals surface area contributed by atoms with Gasteiger partial charge in [-0.25, -0.2) is 19.9 Å². The van der Waals surface area contributed by atoms with E-state index < -0.39 is 93.2 Å². The van der Waals surface area contributed by atoms with Crippen molar-refractivity contribution in [3.63, 3.8) is 0 Å². The number of aliphatic hydroxyl groups excluding tert-OH is 1. The molecule has 27 heteroatoms. The van der Waals surface area contributed by atoms with Crippen LogP contribution in [0.5, 0.6) is 0 Å². The molecule has 2 saturated heterocycles. The van der Waals surface area contributed by atoms with Gasteiger partial charge in [-0.3, -0.25) is 36.7 Å². The predicted octanol–water partition coefficient (Wildman–Crippen LogP) is 6.48. The molecule has 10 atom stereocenters. The molecule has 2 aliphatic rings. The Hall–Kier alpha value is -3.94. The molecule has 6 heterocycles. The number of carbonyl (C=O) groups excluding carboxylic acids is 1. The van der Waals surface area contributed by atoms with Gasteiger partial charge < -0.3 is 42.7 Å². The van der Waals surface area contributed by atoms with Crippen molar-refractivity contribution in [1.82, 2.24) is 33.5 Å². The van der Waals surface area contributed by atoms with E-state index in [4.69, 9.17) is 48.2 Å². The number of nitrogens with one attached hydrogen (secondary N) is 1. The SMILES string of the molecule is CC(C)(C)[Si](C)(C)O[C@@H]1[C@H](OP(=S)(OCCC#N)OC[C@H]2O[C@@H](n3ccc(=O)n4ccnc34)[C@H](O[PH](=O)O)[C@@H]2O[Si](C)(C)C(C)(C)C)[C@@H](CO)O[C@H]1n1cnc2c(NC(=O)c3ccccc3)ncnc21. The summed E-state index contributed by atoms with van der Waals surface area (Å²) in [5.74, 6) is -0.0770. The number of aliphatic hydroxyl groups is 1. The molecular weight excluding hydrogens is 1000 g/mol. The van der Waals surface area contributed by atoms with E-state index in [1.54, 1.807) is 34.9 Å². The van der Waals surface area contributed by atoms with Gasteiger partial charge in [0.05, 0.1) is 38.6 Å². The lowest BCUT2D eigenvalue weighted by Crippen LogP contribution is -2.50. The number of carbonyl (C=O) groups is 1. The third-order valence-electron chi connectivity index (χ3n) is 13.2. The molecule has 1 amide bonds. The summed E-state index contributed by atoms with van der Waals surface area (Å²) < 4.78 is 69.8. The highest BCUT2D eigenvalue weighted by atomic mass is 32.5. The Balaban J connectivity index is 1.25. The van der Waals surface area contributed by atoms with Gasteiger partial charge in [0, 0.05) is 30.2 Å². The van der Waals surface area contributed by atoms with Gasteiger partial charge >= 0.3 is 15.0 Å². The maximum absolute atomic E-state index is 13.2. The van der Waals surface area contributed by atoms with Crippen molar-refractivity contribution in [3.05, 3.63) is 83.6 Å². The number of aromatic nitrogens is 7. The molecule has 0 bridgehead atoms. The van der Waals surface area contributed by atoms with E-state index in [1.807, 2.05) is 53.0 Å². The summed E-state index contributed by atoms with van der Waals surface area (Å²) in [6, 6.07) is 12.0. The number of hydrogen-bond acceptors (Lipinski definition) is 18. The number of amides is 1. The molecule has 0 radical (unpaired) electrons. The van der Waals surface area contributed by atoms with Crippen LogP contribution in [0.3, 0.4) is 0 Å². The summed E-state index contributed by atoms with van der Waals surface area (Å²) in [6.07, 6.45) is -1.79. The monoisotopic (exact) mass is 1060 g/mol. The molecule has 4 aromatic heterocycles. The Morgan fingerprint density at radius 1 is 0.900 bits per heavy atom. The molecule has 7 rings (SSSR count). The summed E-state index contributed by atoms with van der Waals surface area (Å²) in [4.78, 5) is 54.1. The number of fused-ring (bicyclic) bond motifs is 2. The largest absolute Gasteiger partial charge is 0.408 e. The van der Waals surface area contributed by atoms with Crippen molar-refractivity contribution >= 4 is 72.1 Å². The first-order valence-corrected chi connectivity index (χ1v) is 32.2. The minimum atomic E-state index is -4.04. The van der Waals surface area contributed by atoms with Crippen LogP contribution in [0, 0.1) is 11.3 Å². The molecule has 2 aliphatic heterocycles. The standard InChI is InChI=1S/C43H61N9O13P2SSi2/c1-42(2,3)69(7,8)64-33-29(61-39(34(33)62-66(56)57)51-20-17-30(54)50-21-19-45-41(50)51)24-59-67(68,58-22-14-18-44)63-32-28(23-53)60-40(35(32)65-70(9,10)43(4,5)6)52-26-48-31-36(46-25-47-37(31)52)49-38(55)27-15-12-11-13-16-27/h11-13,15-17,19-21,25-26,28-29,32-35,39-40,53,66H,14,22-24H2,1-10H3,(H,56,57)(H,46,47,49,55)/t28-,29-,32-,33-,34-,35-,39-,40-,67?/m1/s1. The second-order valence-electron chi connectivity index (χ2n) is 19.9. The topological polar surface area (TPSA) is 267 Å². The number of rotatable bonds is 19. The van der Waals surface area contributed by atoms with Gasteiger partial charge in [-0.15, -0.1) is 0 Å².